The van der Waals surface area contributed by atoms with Crippen molar-refractivity contribution in [1.29, 1.82) is 0 Å². The maximum absolute atomic E-state index is 3.54. The van der Waals surface area contributed by atoms with E-state index in [2.05, 4.69) is 45.7 Å². The van der Waals surface area contributed by atoms with Crippen LogP contribution in [-0.4, -0.2) is 13.1 Å². The van der Waals surface area contributed by atoms with Crippen molar-refractivity contribution in [2.24, 2.45) is 5.92 Å². The van der Waals surface area contributed by atoms with Crippen molar-refractivity contribution in [3.8, 4) is 0 Å². The molecule has 1 aromatic rings. The van der Waals surface area contributed by atoms with E-state index in [1.54, 1.807) is 5.57 Å². The molecule has 0 amide bonds. The van der Waals surface area contributed by atoms with Gasteiger partial charge in [0.15, 0.2) is 0 Å². The Balaban J connectivity index is 2.10. The lowest BCUT2D eigenvalue weighted by Gasteiger charge is -2.24. The summed E-state index contributed by atoms with van der Waals surface area (Å²) in [6.45, 7) is 4.29. The molecule has 1 N–H and O–H groups in total. The Labute approximate surface area is 123 Å². The van der Waals surface area contributed by atoms with Crippen molar-refractivity contribution < 1.29 is 0 Å². The van der Waals surface area contributed by atoms with E-state index in [0.29, 0.717) is 0 Å². The molecular weight excluding hydrogens is 306 g/mol. The summed E-state index contributed by atoms with van der Waals surface area (Å²) in [6, 6.07) is 2.22. The van der Waals surface area contributed by atoms with Gasteiger partial charge in [0.1, 0.15) is 0 Å². The largest absolute Gasteiger partial charge is 0.313 e. The summed E-state index contributed by atoms with van der Waals surface area (Å²) >= 11 is 5.36. The Morgan fingerprint density at radius 1 is 1.44 bits per heavy atom. The van der Waals surface area contributed by atoms with Gasteiger partial charge in [0, 0.05) is 21.3 Å². The third-order valence-corrected chi connectivity index (χ3v) is 5.26. The molecule has 1 aliphatic carbocycles. The average molecular weight is 328 g/mol. The van der Waals surface area contributed by atoms with E-state index in [0.717, 1.165) is 19.0 Å². The third-order valence-electron chi connectivity index (χ3n) is 3.62. The van der Waals surface area contributed by atoms with Crippen molar-refractivity contribution in [2.45, 2.75) is 39.0 Å². The predicted molar refractivity (Wildman–Crippen MR) is 85.1 cm³/mol. The maximum Gasteiger partial charge on any atom is 0.0288 e. The molecule has 18 heavy (non-hydrogen) atoms. The van der Waals surface area contributed by atoms with Gasteiger partial charge < -0.3 is 5.32 Å². The van der Waals surface area contributed by atoms with Crippen LogP contribution in [0.2, 0.25) is 0 Å². The molecular formula is C15H22BrNS. The first-order chi connectivity index (χ1) is 8.79. The Bertz CT molecular complexity index is 391. The van der Waals surface area contributed by atoms with E-state index in [-0.39, 0.29) is 0 Å². The van der Waals surface area contributed by atoms with Gasteiger partial charge in [-0.15, -0.1) is 11.3 Å². The van der Waals surface area contributed by atoms with E-state index in [4.69, 9.17) is 0 Å². The van der Waals surface area contributed by atoms with Crippen LogP contribution in [0.25, 0.3) is 6.08 Å². The summed E-state index contributed by atoms with van der Waals surface area (Å²) in [7, 11) is 0. The monoisotopic (exact) mass is 327 g/mol. The Kier molecular flexibility index (Phi) is 5.93. The lowest BCUT2D eigenvalue weighted by molar-refractivity contribution is 0.397. The highest BCUT2D eigenvalue weighted by atomic mass is 79.9. The number of rotatable bonds is 5. The quantitative estimate of drug-likeness (QED) is 0.794. The Morgan fingerprint density at radius 2 is 2.22 bits per heavy atom. The molecule has 0 aromatic carbocycles. The van der Waals surface area contributed by atoms with Gasteiger partial charge in [0.25, 0.3) is 0 Å². The average Bonchev–Trinajstić information content (AvgIpc) is 2.81. The minimum Gasteiger partial charge on any atom is -0.313 e. The van der Waals surface area contributed by atoms with Gasteiger partial charge in [-0.3, -0.25) is 0 Å². The first kappa shape index (κ1) is 14.3. The van der Waals surface area contributed by atoms with E-state index >= 15 is 0 Å². The van der Waals surface area contributed by atoms with Gasteiger partial charge in [-0.25, -0.2) is 0 Å². The molecule has 1 aromatic heterocycles. The van der Waals surface area contributed by atoms with Crippen LogP contribution in [0.1, 0.15) is 43.9 Å². The van der Waals surface area contributed by atoms with Gasteiger partial charge in [0.05, 0.1) is 0 Å². The second-order valence-electron chi connectivity index (χ2n) is 5.00. The zero-order valence-electron chi connectivity index (χ0n) is 11.0. The highest BCUT2D eigenvalue weighted by Crippen LogP contribution is 2.32. The summed E-state index contributed by atoms with van der Waals surface area (Å²) in [5.41, 5.74) is 1.60. The van der Waals surface area contributed by atoms with E-state index in [9.17, 15) is 0 Å². The number of thiophene rings is 1. The van der Waals surface area contributed by atoms with Gasteiger partial charge in [-0.05, 0) is 53.4 Å². The fraction of sp³-hybridized carbons (Fsp3) is 0.600. The number of likely N-dealkylation sites (N-methyl/N-ethyl adjacent to an activating group) is 1. The van der Waals surface area contributed by atoms with Crippen molar-refractivity contribution in [3.05, 3.63) is 26.4 Å². The van der Waals surface area contributed by atoms with Crippen LogP contribution < -0.4 is 5.32 Å². The Hall–Kier alpha value is -0.120. The summed E-state index contributed by atoms with van der Waals surface area (Å²) in [6.07, 6.45) is 9.40. The predicted octanol–water partition coefficient (Wildman–Crippen LogP) is 5.08. The third kappa shape index (κ3) is 4.22. The zero-order valence-corrected chi connectivity index (χ0v) is 13.4. The van der Waals surface area contributed by atoms with Crippen LogP contribution in [0.3, 0.4) is 0 Å². The molecule has 0 aliphatic heterocycles. The number of nitrogens with one attached hydrogen (secondary N) is 1. The second kappa shape index (κ2) is 7.46. The summed E-state index contributed by atoms with van der Waals surface area (Å²) in [4.78, 5) is 1.38. The van der Waals surface area contributed by atoms with Crippen molar-refractivity contribution in [2.75, 3.05) is 13.1 Å². The van der Waals surface area contributed by atoms with Crippen LogP contribution in [-0.2, 0) is 0 Å². The first-order valence-electron chi connectivity index (χ1n) is 6.95. The van der Waals surface area contributed by atoms with Gasteiger partial charge in [-0.2, -0.15) is 0 Å². The van der Waals surface area contributed by atoms with E-state index in [1.165, 1.54) is 41.5 Å². The topological polar surface area (TPSA) is 12.0 Å². The summed E-state index contributed by atoms with van der Waals surface area (Å²) < 4.78 is 1.20. The smallest absolute Gasteiger partial charge is 0.0288 e. The molecule has 100 valence electrons. The molecule has 1 saturated carbocycles. The molecule has 1 fully saturated rings. The molecule has 0 saturated heterocycles. The molecule has 0 unspecified atom stereocenters. The van der Waals surface area contributed by atoms with E-state index < -0.39 is 0 Å². The standard InChI is InChI=1S/C15H22BrNS/c1-2-17-10-13(12-6-4-3-5-7-12)8-15-9-14(16)11-18-15/h8-9,11-12,17H,2-7,10H2,1H3. The molecule has 0 radical (unpaired) electrons. The molecule has 0 atom stereocenters. The molecule has 1 aliphatic rings. The molecule has 3 heteroatoms. The minimum atomic E-state index is 0.804. The first-order valence-corrected chi connectivity index (χ1v) is 8.62. The summed E-state index contributed by atoms with van der Waals surface area (Å²) in [5.74, 6) is 0.804. The fourth-order valence-corrected chi connectivity index (χ4v) is 4.05. The number of hydrogen-bond donors (Lipinski definition) is 1. The number of hydrogen-bond acceptors (Lipinski definition) is 2. The van der Waals surface area contributed by atoms with Gasteiger partial charge in [-0.1, -0.05) is 31.8 Å². The lowest BCUT2D eigenvalue weighted by Crippen LogP contribution is -2.21. The van der Waals surface area contributed by atoms with Crippen LogP contribution >= 0.6 is 27.3 Å². The molecule has 0 bridgehead atoms. The fourth-order valence-electron chi connectivity index (χ4n) is 2.64. The van der Waals surface area contributed by atoms with Gasteiger partial charge >= 0.3 is 0 Å². The molecule has 1 heterocycles. The van der Waals surface area contributed by atoms with Crippen LogP contribution in [0.15, 0.2) is 21.5 Å². The minimum absolute atomic E-state index is 0.804. The van der Waals surface area contributed by atoms with Crippen molar-refractivity contribution in [1.82, 2.24) is 5.32 Å². The molecule has 0 spiro atoms. The SMILES string of the molecule is CCNCC(=Cc1cc(Br)cs1)C1CCCCC1. The van der Waals surface area contributed by atoms with Crippen LogP contribution in [0.4, 0.5) is 0 Å². The molecule has 2 rings (SSSR count). The maximum atomic E-state index is 3.54. The van der Waals surface area contributed by atoms with Crippen LogP contribution in [0, 0.1) is 5.92 Å². The van der Waals surface area contributed by atoms with Crippen molar-refractivity contribution >= 4 is 33.3 Å². The summed E-state index contributed by atoms with van der Waals surface area (Å²) in [5, 5.41) is 5.66. The highest BCUT2D eigenvalue weighted by molar-refractivity contribution is 9.10. The van der Waals surface area contributed by atoms with Crippen molar-refractivity contribution in [3.63, 3.8) is 0 Å². The zero-order chi connectivity index (χ0) is 12.8. The molecule has 1 nitrogen and oxygen atoms in total. The highest BCUT2D eigenvalue weighted by Gasteiger charge is 2.17. The normalized spacial score (nSPS) is 18.2. The second-order valence-corrected chi connectivity index (χ2v) is 6.86. The number of halogens is 1. The van der Waals surface area contributed by atoms with Crippen LogP contribution in [0.5, 0.6) is 0 Å². The lowest BCUT2D eigenvalue weighted by atomic mass is 9.83. The Morgan fingerprint density at radius 3 is 2.83 bits per heavy atom. The van der Waals surface area contributed by atoms with Gasteiger partial charge in [0.2, 0.25) is 0 Å². The van der Waals surface area contributed by atoms with E-state index in [1.807, 2.05) is 11.3 Å².